The number of carbonyl (C=O) groups is 1. The number of phenols is 1. The van der Waals surface area contributed by atoms with Crippen LogP contribution in [0.5, 0.6) is 5.75 Å². The molecule has 2 aliphatic heterocycles. The molecular weight excluding hydrogens is 528 g/mol. The first-order chi connectivity index (χ1) is 19.2. The molecule has 0 radical (unpaired) electrons. The first kappa shape index (κ1) is 30.1. The summed E-state index contributed by atoms with van der Waals surface area (Å²) in [6.45, 7) is 0.853. The minimum absolute atomic E-state index is 0.0394. The summed E-state index contributed by atoms with van der Waals surface area (Å²) in [6.07, 6.45) is -11.6. The monoisotopic (exact) mass is 562 g/mol. The maximum absolute atomic E-state index is 12.7. The van der Waals surface area contributed by atoms with Crippen LogP contribution in [0.2, 0.25) is 0 Å². The summed E-state index contributed by atoms with van der Waals surface area (Å²) >= 11 is 0. The fraction of sp³-hybridized carbons (Fsp3) is 0.464. The SMILES string of the molecule is CC1OC(OC2C(O)C(OCc3ccccc3)OC(CO)C2OC(=O)C=Cc2ccc(O)cc2)C(O)C(O)C1O. The standard InChI is InChI=1S/C28H34O12/c1-15-21(32)22(33)23(34)28(37-15)40-26-24(35)27(36-14-17-5-3-2-4-6-17)38-19(13-29)25(26)39-20(31)12-9-16-7-10-18(30)11-8-16/h2-12,15,19,21-30,32-35H,13-14H2,1H3. The van der Waals surface area contributed by atoms with Crippen LogP contribution < -0.4 is 0 Å². The van der Waals surface area contributed by atoms with Crippen LogP contribution in [0.15, 0.2) is 60.7 Å². The summed E-state index contributed by atoms with van der Waals surface area (Å²) in [5, 5.41) is 61.5. The van der Waals surface area contributed by atoms with Crippen molar-refractivity contribution in [3.05, 3.63) is 71.8 Å². The molecule has 218 valence electrons. The van der Waals surface area contributed by atoms with Gasteiger partial charge in [-0.15, -0.1) is 0 Å². The van der Waals surface area contributed by atoms with E-state index in [1.165, 1.54) is 25.1 Å². The zero-order chi connectivity index (χ0) is 28.8. The van der Waals surface area contributed by atoms with E-state index in [-0.39, 0.29) is 12.4 Å². The average molecular weight is 563 g/mol. The molecule has 2 fully saturated rings. The van der Waals surface area contributed by atoms with Crippen molar-refractivity contribution in [2.24, 2.45) is 0 Å². The topological polar surface area (TPSA) is 185 Å². The van der Waals surface area contributed by atoms with Gasteiger partial charge in [-0.25, -0.2) is 4.79 Å². The smallest absolute Gasteiger partial charge is 0.331 e. The zero-order valence-corrected chi connectivity index (χ0v) is 21.7. The average Bonchev–Trinajstić information content (AvgIpc) is 2.96. The summed E-state index contributed by atoms with van der Waals surface area (Å²) in [5.41, 5.74) is 1.37. The van der Waals surface area contributed by atoms with Gasteiger partial charge in [0, 0.05) is 6.08 Å². The van der Waals surface area contributed by atoms with Gasteiger partial charge in [0.25, 0.3) is 0 Å². The van der Waals surface area contributed by atoms with Crippen LogP contribution in [0.1, 0.15) is 18.1 Å². The summed E-state index contributed by atoms with van der Waals surface area (Å²) in [4.78, 5) is 12.7. The Morgan fingerprint density at radius 1 is 0.875 bits per heavy atom. The molecule has 2 aliphatic rings. The van der Waals surface area contributed by atoms with Gasteiger partial charge in [-0.3, -0.25) is 0 Å². The van der Waals surface area contributed by atoms with E-state index in [1.807, 2.05) is 18.2 Å². The Morgan fingerprint density at radius 3 is 2.25 bits per heavy atom. The first-order valence-electron chi connectivity index (χ1n) is 12.8. The number of carbonyl (C=O) groups excluding carboxylic acids is 1. The predicted octanol–water partition coefficient (Wildman–Crippen LogP) is -0.175. The maximum Gasteiger partial charge on any atom is 0.331 e. The van der Waals surface area contributed by atoms with Crippen LogP contribution in [0.3, 0.4) is 0 Å². The van der Waals surface area contributed by atoms with Crippen molar-refractivity contribution in [3.63, 3.8) is 0 Å². The Kier molecular flexibility index (Phi) is 10.2. The lowest BCUT2D eigenvalue weighted by Gasteiger charge is -2.46. The zero-order valence-electron chi connectivity index (χ0n) is 21.7. The number of hydrogen-bond donors (Lipinski definition) is 6. The minimum atomic E-state index is -1.71. The number of ether oxygens (including phenoxy) is 5. The molecule has 0 spiro atoms. The molecule has 0 amide bonds. The molecule has 10 unspecified atom stereocenters. The lowest BCUT2D eigenvalue weighted by atomic mass is 9.97. The molecule has 0 saturated carbocycles. The van der Waals surface area contributed by atoms with Gasteiger partial charge in [0.2, 0.25) is 0 Å². The molecule has 2 aromatic rings. The number of aromatic hydroxyl groups is 1. The molecule has 2 aromatic carbocycles. The Labute approximate surface area is 230 Å². The second-order valence-electron chi connectivity index (χ2n) is 9.62. The highest BCUT2D eigenvalue weighted by atomic mass is 16.7. The van der Waals surface area contributed by atoms with E-state index in [9.17, 15) is 35.4 Å². The number of benzene rings is 2. The molecular formula is C28H34O12. The minimum Gasteiger partial charge on any atom is -0.508 e. The van der Waals surface area contributed by atoms with Gasteiger partial charge in [0.15, 0.2) is 18.7 Å². The van der Waals surface area contributed by atoms with Crippen LogP contribution in [-0.2, 0) is 35.1 Å². The van der Waals surface area contributed by atoms with Crippen molar-refractivity contribution in [1.82, 2.24) is 0 Å². The quantitative estimate of drug-likeness (QED) is 0.175. The van der Waals surface area contributed by atoms with Crippen molar-refractivity contribution in [2.45, 2.75) is 74.9 Å². The molecule has 10 atom stereocenters. The van der Waals surface area contributed by atoms with Gasteiger partial charge >= 0.3 is 5.97 Å². The normalized spacial score (nSPS) is 34.5. The third-order valence-electron chi connectivity index (χ3n) is 6.71. The van der Waals surface area contributed by atoms with Crippen molar-refractivity contribution < 1.29 is 59.1 Å². The third kappa shape index (κ3) is 7.23. The summed E-state index contributed by atoms with van der Waals surface area (Å²) in [5.74, 6) is -0.805. The van der Waals surface area contributed by atoms with E-state index in [1.54, 1.807) is 24.3 Å². The molecule has 40 heavy (non-hydrogen) atoms. The summed E-state index contributed by atoms with van der Waals surface area (Å²) in [7, 11) is 0. The van der Waals surface area contributed by atoms with Crippen molar-refractivity contribution in [3.8, 4) is 5.75 Å². The predicted molar refractivity (Wildman–Crippen MR) is 137 cm³/mol. The van der Waals surface area contributed by atoms with E-state index < -0.39 is 74.0 Å². The van der Waals surface area contributed by atoms with Gasteiger partial charge in [-0.1, -0.05) is 42.5 Å². The number of aliphatic hydroxyl groups is 5. The molecule has 0 aliphatic carbocycles. The van der Waals surface area contributed by atoms with Crippen LogP contribution in [0.25, 0.3) is 6.08 Å². The lowest BCUT2D eigenvalue weighted by Crippen LogP contribution is -2.65. The van der Waals surface area contributed by atoms with Crippen LogP contribution in [0.4, 0.5) is 0 Å². The highest BCUT2D eigenvalue weighted by Crippen LogP contribution is 2.31. The highest BCUT2D eigenvalue weighted by Gasteiger charge is 2.52. The van der Waals surface area contributed by atoms with Crippen molar-refractivity contribution in [1.29, 1.82) is 0 Å². The number of aliphatic hydroxyl groups excluding tert-OH is 5. The molecule has 6 N–H and O–H groups in total. The van der Waals surface area contributed by atoms with E-state index in [0.29, 0.717) is 5.56 Å². The van der Waals surface area contributed by atoms with E-state index in [0.717, 1.165) is 11.6 Å². The Bertz CT molecular complexity index is 1110. The Balaban J connectivity index is 1.54. The van der Waals surface area contributed by atoms with E-state index in [4.69, 9.17) is 23.7 Å². The number of hydrogen-bond acceptors (Lipinski definition) is 12. The molecule has 12 heteroatoms. The molecule has 2 saturated heterocycles. The van der Waals surface area contributed by atoms with Crippen molar-refractivity contribution >= 4 is 12.0 Å². The Morgan fingerprint density at radius 2 is 1.57 bits per heavy atom. The molecule has 4 rings (SSSR count). The van der Waals surface area contributed by atoms with Gasteiger partial charge in [0.1, 0.15) is 42.4 Å². The van der Waals surface area contributed by atoms with E-state index in [2.05, 4.69) is 0 Å². The second kappa shape index (κ2) is 13.6. The van der Waals surface area contributed by atoms with Crippen LogP contribution in [-0.4, -0.2) is 105 Å². The fourth-order valence-corrected chi connectivity index (χ4v) is 4.43. The summed E-state index contributed by atoms with van der Waals surface area (Å²) in [6, 6.07) is 15.1. The van der Waals surface area contributed by atoms with Gasteiger partial charge in [-0.2, -0.15) is 0 Å². The van der Waals surface area contributed by atoms with Gasteiger partial charge in [-0.05, 0) is 36.3 Å². The Hall–Kier alpha value is -2.91. The third-order valence-corrected chi connectivity index (χ3v) is 6.71. The maximum atomic E-state index is 12.7. The number of esters is 1. The van der Waals surface area contributed by atoms with Crippen LogP contribution in [0, 0.1) is 0 Å². The second-order valence-corrected chi connectivity index (χ2v) is 9.62. The number of phenolic OH excluding ortho intramolecular Hbond substituents is 1. The largest absolute Gasteiger partial charge is 0.508 e. The van der Waals surface area contributed by atoms with Gasteiger partial charge < -0.3 is 54.3 Å². The summed E-state index contributed by atoms with van der Waals surface area (Å²) < 4.78 is 28.4. The molecule has 0 bridgehead atoms. The fourth-order valence-electron chi connectivity index (χ4n) is 4.43. The first-order valence-corrected chi connectivity index (χ1v) is 12.8. The van der Waals surface area contributed by atoms with Crippen LogP contribution >= 0.6 is 0 Å². The van der Waals surface area contributed by atoms with Gasteiger partial charge in [0.05, 0.1) is 19.3 Å². The highest BCUT2D eigenvalue weighted by molar-refractivity contribution is 5.87. The van der Waals surface area contributed by atoms with Crippen molar-refractivity contribution in [2.75, 3.05) is 6.61 Å². The number of rotatable bonds is 9. The van der Waals surface area contributed by atoms with E-state index >= 15 is 0 Å². The molecule has 2 heterocycles. The molecule has 12 nitrogen and oxygen atoms in total. The molecule has 0 aromatic heterocycles. The lowest BCUT2D eigenvalue weighted by molar-refractivity contribution is -0.358.